The van der Waals surface area contributed by atoms with E-state index in [2.05, 4.69) is 0 Å². The van der Waals surface area contributed by atoms with Gasteiger partial charge in [-0.15, -0.1) is 0 Å². The molecule has 1 saturated heterocycles. The summed E-state index contributed by atoms with van der Waals surface area (Å²) in [6.07, 6.45) is 2.87. The Bertz CT molecular complexity index is 533. The van der Waals surface area contributed by atoms with Gasteiger partial charge in [0, 0.05) is 13.1 Å². The van der Waals surface area contributed by atoms with E-state index in [9.17, 15) is 18.4 Å². The zero-order valence-electron chi connectivity index (χ0n) is 11.3. The fraction of sp³-hybridized carbons (Fsp3) is 0.429. The van der Waals surface area contributed by atoms with Crippen molar-refractivity contribution in [2.24, 2.45) is 0 Å². The molecule has 0 bridgehead atoms. The van der Waals surface area contributed by atoms with Crippen molar-refractivity contribution in [1.82, 2.24) is 4.90 Å². The van der Waals surface area contributed by atoms with Gasteiger partial charge in [0.1, 0.15) is 0 Å². The van der Waals surface area contributed by atoms with Gasteiger partial charge in [0.05, 0.1) is 5.56 Å². The highest BCUT2D eigenvalue weighted by Gasteiger charge is 2.20. The Morgan fingerprint density at radius 2 is 1.71 bits per heavy atom. The Labute approximate surface area is 120 Å². The van der Waals surface area contributed by atoms with Crippen LogP contribution in [0.5, 0.6) is 5.75 Å². The molecule has 1 aliphatic rings. The van der Waals surface area contributed by atoms with Crippen LogP contribution in [-0.2, 0) is 4.79 Å². The monoisotopic (exact) mass is 299 g/mol. The number of carboxylic acid groups (broad SMARTS) is 1. The van der Waals surface area contributed by atoms with Gasteiger partial charge >= 0.3 is 5.97 Å². The van der Waals surface area contributed by atoms with Crippen LogP contribution < -0.4 is 4.74 Å². The first-order chi connectivity index (χ1) is 9.99. The highest BCUT2D eigenvalue weighted by molar-refractivity contribution is 5.87. The topological polar surface area (TPSA) is 66.8 Å². The fourth-order valence-corrected chi connectivity index (χ4v) is 2.19. The van der Waals surface area contributed by atoms with E-state index in [0.29, 0.717) is 25.2 Å². The number of nitrogens with zero attached hydrogens (tertiary/aromatic N) is 1. The summed E-state index contributed by atoms with van der Waals surface area (Å²) in [5, 5.41) is 8.68. The van der Waals surface area contributed by atoms with Gasteiger partial charge in [-0.2, -0.15) is 0 Å². The molecule has 1 aromatic carbocycles. The van der Waals surface area contributed by atoms with Gasteiger partial charge in [-0.3, -0.25) is 4.79 Å². The van der Waals surface area contributed by atoms with Crippen LogP contribution in [0.3, 0.4) is 0 Å². The molecule has 1 N–H and O–H groups in total. The summed E-state index contributed by atoms with van der Waals surface area (Å²) < 4.78 is 32.1. The van der Waals surface area contributed by atoms with Crippen LogP contribution in [0.15, 0.2) is 12.1 Å². The summed E-state index contributed by atoms with van der Waals surface area (Å²) in [4.78, 5) is 24.1. The maximum absolute atomic E-state index is 13.6. The third-order valence-electron chi connectivity index (χ3n) is 3.29. The Morgan fingerprint density at radius 1 is 1.14 bits per heavy atom. The van der Waals surface area contributed by atoms with Gasteiger partial charge < -0.3 is 14.7 Å². The fourth-order valence-electron chi connectivity index (χ4n) is 2.19. The van der Waals surface area contributed by atoms with Crippen molar-refractivity contribution >= 4 is 11.9 Å². The summed E-state index contributed by atoms with van der Waals surface area (Å²) >= 11 is 0. The first-order valence-corrected chi connectivity index (χ1v) is 6.62. The van der Waals surface area contributed by atoms with Crippen molar-refractivity contribution in [2.75, 3.05) is 19.7 Å². The molecule has 1 aromatic rings. The molecule has 0 unspecified atom stereocenters. The summed E-state index contributed by atoms with van der Waals surface area (Å²) in [6, 6.07) is 1.32. The Balaban J connectivity index is 2.02. The number of ether oxygens (including phenoxy) is 1. The number of carboxylic acids is 1. The molecule has 1 aliphatic heterocycles. The summed E-state index contributed by atoms with van der Waals surface area (Å²) in [6.45, 7) is 0.760. The van der Waals surface area contributed by atoms with E-state index in [4.69, 9.17) is 9.84 Å². The number of halogens is 2. The van der Waals surface area contributed by atoms with Gasteiger partial charge in [-0.05, 0) is 31.4 Å². The quantitative estimate of drug-likeness (QED) is 0.924. The first kappa shape index (κ1) is 15.2. The van der Waals surface area contributed by atoms with Crippen LogP contribution in [0.2, 0.25) is 0 Å². The molecule has 0 aliphatic carbocycles. The molecule has 114 valence electrons. The third-order valence-corrected chi connectivity index (χ3v) is 3.29. The standard InChI is InChI=1S/C14H15F2NO4/c15-10-6-9(14(19)20)7-11(16)13(10)21-8-12(18)17-4-2-1-3-5-17/h6-7H,1-5,8H2,(H,19,20). The molecule has 5 nitrogen and oxygen atoms in total. The summed E-state index contributed by atoms with van der Waals surface area (Å²) in [5.41, 5.74) is -0.514. The molecule has 21 heavy (non-hydrogen) atoms. The number of likely N-dealkylation sites (tertiary alicyclic amines) is 1. The molecule has 2 rings (SSSR count). The number of carbonyl (C=O) groups is 2. The van der Waals surface area contributed by atoms with Crippen molar-refractivity contribution in [1.29, 1.82) is 0 Å². The maximum atomic E-state index is 13.6. The molecule has 1 fully saturated rings. The van der Waals surface area contributed by atoms with E-state index in [1.807, 2.05) is 0 Å². The Kier molecular flexibility index (Phi) is 4.72. The zero-order chi connectivity index (χ0) is 15.4. The molecule has 1 heterocycles. The van der Waals surface area contributed by atoms with Crippen molar-refractivity contribution in [3.63, 3.8) is 0 Å². The Hall–Kier alpha value is -2.18. The van der Waals surface area contributed by atoms with Crippen molar-refractivity contribution in [3.05, 3.63) is 29.3 Å². The largest absolute Gasteiger partial charge is 0.478 e. The van der Waals surface area contributed by atoms with Crippen LogP contribution in [-0.4, -0.2) is 41.6 Å². The van der Waals surface area contributed by atoms with E-state index in [0.717, 1.165) is 19.3 Å². The number of hydrogen-bond donors (Lipinski definition) is 1. The second-order valence-corrected chi connectivity index (χ2v) is 4.80. The van der Waals surface area contributed by atoms with Crippen LogP contribution in [0.25, 0.3) is 0 Å². The van der Waals surface area contributed by atoms with Crippen LogP contribution in [0.1, 0.15) is 29.6 Å². The molecule has 0 radical (unpaired) electrons. The van der Waals surface area contributed by atoms with Gasteiger partial charge in [-0.1, -0.05) is 0 Å². The summed E-state index contributed by atoms with van der Waals surface area (Å²) in [5.74, 6) is -4.79. The van der Waals surface area contributed by atoms with Crippen molar-refractivity contribution in [2.45, 2.75) is 19.3 Å². The minimum absolute atomic E-state index is 0.337. The average Bonchev–Trinajstić information content (AvgIpc) is 2.46. The minimum atomic E-state index is -1.44. The molecule has 0 aromatic heterocycles. The second-order valence-electron chi connectivity index (χ2n) is 4.80. The van der Waals surface area contributed by atoms with E-state index in [1.165, 1.54) is 0 Å². The molecule has 0 atom stereocenters. The lowest BCUT2D eigenvalue weighted by molar-refractivity contribution is -0.134. The van der Waals surface area contributed by atoms with Gasteiger partial charge in [0.25, 0.3) is 5.91 Å². The second kappa shape index (κ2) is 6.51. The molecular formula is C14H15F2NO4. The maximum Gasteiger partial charge on any atom is 0.335 e. The summed E-state index contributed by atoms with van der Waals surface area (Å²) in [7, 11) is 0. The van der Waals surface area contributed by atoms with E-state index < -0.39 is 35.5 Å². The number of piperidine rings is 1. The number of hydrogen-bond acceptors (Lipinski definition) is 3. The van der Waals surface area contributed by atoms with Crippen LogP contribution in [0, 0.1) is 11.6 Å². The molecule has 1 amide bonds. The number of amides is 1. The molecule has 7 heteroatoms. The van der Waals surface area contributed by atoms with Gasteiger partial charge in [0.15, 0.2) is 24.0 Å². The SMILES string of the molecule is O=C(O)c1cc(F)c(OCC(=O)N2CCCCC2)c(F)c1. The number of aromatic carboxylic acids is 1. The number of carbonyl (C=O) groups excluding carboxylic acids is 1. The lowest BCUT2D eigenvalue weighted by Crippen LogP contribution is -2.38. The minimum Gasteiger partial charge on any atom is -0.478 e. The van der Waals surface area contributed by atoms with Crippen LogP contribution in [0.4, 0.5) is 8.78 Å². The average molecular weight is 299 g/mol. The van der Waals surface area contributed by atoms with Crippen molar-refractivity contribution in [3.8, 4) is 5.75 Å². The van der Waals surface area contributed by atoms with Gasteiger partial charge in [0.2, 0.25) is 0 Å². The predicted octanol–water partition coefficient (Wildman–Crippen LogP) is 2.05. The van der Waals surface area contributed by atoms with E-state index in [1.54, 1.807) is 4.90 Å². The smallest absolute Gasteiger partial charge is 0.335 e. The lowest BCUT2D eigenvalue weighted by Gasteiger charge is -2.26. The van der Waals surface area contributed by atoms with Crippen LogP contribution >= 0.6 is 0 Å². The van der Waals surface area contributed by atoms with Gasteiger partial charge in [-0.25, -0.2) is 13.6 Å². The van der Waals surface area contributed by atoms with Crippen molar-refractivity contribution < 1.29 is 28.2 Å². The van der Waals surface area contributed by atoms with E-state index >= 15 is 0 Å². The molecular weight excluding hydrogens is 284 g/mol. The molecule has 0 spiro atoms. The van der Waals surface area contributed by atoms with E-state index in [-0.39, 0.29) is 5.91 Å². The predicted molar refractivity (Wildman–Crippen MR) is 69.2 cm³/mol. The molecule has 0 saturated carbocycles. The third kappa shape index (κ3) is 3.68. The zero-order valence-corrected chi connectivity index (χ0v) is 11.3. The first-order valence-electron chi connectivity index (χ1n) is 6.62. The highest BCUT2D eigenvalue weighted by Crippen LogP contribution is 2.23. The highest BCUT2D eigenvalue weighted by atomic mass is 19.1. The normalized spacial score (nSPS) is 14.9. The number of benzene rings is 1. The number of rotatable bonds is 4. The Morgan fingerprint density at radius 3 is 2.24 bits per heavy atom. The lowest BCUT2D eigenvalue weighted by atomic mass is 10.1.